The standard InChI is InChI=1S/C16H22N2O2S/c1-16(2,3)14-5-4-13(21-14)11-8-10(6-7-17-11)12-9-15(19)18-20-12/h4-5,9-11,17H,6-8H2,1-3H3,(H,18,19)/t10-,11+/m0/s1. The van der Waals surface area contributed by atoms with Gasteiger partial charge >= 0.3 is 0 Å². The zero-order valence-electron chi connectivity index (χ0n) is 12.7. The van der Waals surface area contributed by atoms with Crippen LogP contribution in [0.3, 0.4) is 0 Å². The van der Waals surface area contributed by atoms with Gasteiger partial charge in [-0.1, -0.05) is 20.8 Å². The van der Waals surface area contributed by atoms with E-state index in [0.717, 1.165) is 25.1 Å². The molecule has 21 heavy (non-hydrogen) atoms. The summed E-state index contributed by atoms with van der Waals surface area (Å²) >= 11 is 1.89. The van der Waals surface area contributed by atoms with Crippen molar-refractivity contribution in [3.63, 3.8) is 0 Å². The van der Waals surface area contributed by atoms with Crippen LogP contribution >= 0.6 is 11.3 Å². The maximum Gasteiger partial charge on any atom is 0.280 e. The third-order valence-corrected chi connectivity index (χ3v) is 5.68. The molecule has 0 unspecified atom stereocenters. The van der Waals surface area contributed by atoms with Gasteiger partial charge in [-0.3, -0.25) is 4.79 Å². The van der Waals surface area contributed by atoms with Crippen molar-refractivity contribution in [1.29, 1.82) is 0 Å². The van der Waals surface area contributed by atoms with Crippen molar-refractivity contribution in [2.75, 3.05) is 6.54 Å². The Morgan fingerprint density at radius 2 is 2.14 bits per heavy atom. The predicted octanol–water partition coefficient (Wildman–Crippen LogP) is 3.54. The normalized spacial score (nSPS) is 23.4. The van der Waals surface area contributed by atoms with E-state index in [-0.39, 0.29) is 11.0 Å². The van der Waals surface area contributed by atoms with Crippen LogP contribution in [0.4, 0.5) is 0 Å². The lowest BCUT2D eigenvalue weighted by Gasteiger charge is -2.28. The van der Waals surface area contributed by atoms with E-state index in [2.05, 4.69) is 43.4 Å². The van der Waals surface area contributed by atoms with E-state index in [4.69, 9.17) is 4.52 Å². The van der Waals surface area contributed by atoms with Gasteiger partial charge < -0.3 is 9.84 Å². The average molecular weight is 306 g/mol. The second kappa shape index (κ2) is 5.46. The van der Waals surface area contributed by atoms with Crippen LogP contribution in [0.5, 0.6) is 0 Å². The second-order valence-electron chi connectivity index (χ2n) is 6.80. The summed E-state index contributed by atoms with van der Waals surface area (Å²) in [5, 5.41) is 5.98. The molecule has 0 saturated carbocycles. The molecule has 0 bridgehead atoms. The molecule has 1 aliphatic heterocycles. The molecule has 0 radical (unpaired) electrons. The molecule has 1 saturated heterocycles. The Balaban J connectivity index is 1.77. The molecule has 2 atom stereocenters. The number of H-pyrrole nitrogens is 1. The summed E-state index contributed by atoms with van der Waals surface area (Å²) in [6.07, 6.45) is 1.99. The molecule has 0 amide bonds. The molecular weight excluding hydrogens is 284 g/mol. The third-order valence-electron chi connectivity index (χ3n) is 4.06. The third kappa shape index (κ3) is 3.14. The quantitative estimate of drug-likeness (QED) is 0.892. The number of thiophene rings is 1. The van der Waals surface area contributed by atoms with E-state index in [1.165, 1.54) is 9.75 Å². The maximum atomic E-state index is 11.2. The Labute approximate surface area is 128 Å². The van der Waals surface area contributed by atoms with Gasteiger partial charge in [-0.2, -0.15) is 5.16 Å². The van der Waals surface area contributed by atoms with Gasteiger partial charge in [0.1, 0.15) is 5.76 Å². The highest BCUT2D eigenvalue weighted by molar-refractivity contribution is 7.12. The summed E-state index contributed by atoms with van der Waals surface area (Å²) in [5.41, 5.74) is 0.0518. The van der Waals surface area contributed by atoms with Crippen LogP contribution in [0.2, 0.25) is 0 Å². The first-order chi connectivity index (χ1) is 9.93. The SMILES string of the molecule is CC(C)(C)c1ccc([C@H]2C[C@@H](c3cc(=O)[nH]o3)CCN2)s1. The van der Waals surface area contributed by atoms with Crippen LogP contribution in [0, 0.1) is 0 Å². The molecule has 3 heterocycles. The molecular formula is C16H22N2O2S. The zero-order valence-corrected chi connectivity index (χ0v) is 13.5. The molecule has 0 aliphatic carbocycles. The first-order valence-electron chi connectivity index (χ1n) is 7.45. The first-order valence-corrected chi connectivity index (χ1v) is 8.27. The highest BCUT2D eigenvalue weighted by atomic mass is 32.1. The highest BCUT2D eigenvalue weighted by Gasteiger charge is 2.28. The second-order valence-corrected chi connectivity index (χ2v) is 7.91. The van der Waals surface area contributed by atoms with Crippen molar-refractivity contribution in [1.82, 2.24) is 10.5 Å². The fraction of sp³-hybridized carbons (Fsp3) is 0.562. The molecule has 0 aromatic carbocycles. The van der Waals surface area contributed by atoms with E-state index in [1.54, 1.807) is 6.07 Å². The van der Waals surface area contributed by atoms with Gasteiger partial charge in [-0.25, -0.2) is 0 Å². The lowest BCUT2D eigenvalue weighted by Crippen LogP contribution is -2.30. The Morgan fingerprint density at radius 3 is 2.76 bits per heavy atom. The molecule has 0 spiro atoms. The number of aromatic nitrogens is 1. The molecule has 3 rings (SSSR count). The van der Waals surface area contributed by atoms with E-state index >= 15 is 0 Å². The Morgan fingerprint density at radius 1 is 1.33 bits per heavy atom. The molecule has 5 heteroatoms. The molecule has 2 N–H and O–H groups in total. The van der Waals surface area contributed by atoms with Gasteiger partial charge in [0, 0.05) is 27.8 Å². The molecule has 4 nitrogen and oxygen atoms in total. The summed E-state index contributed by atoms with van der Waals surface area (Å²) < 4.78 is 5.29. The number of hydrogen-bond donors (Lipinski definition) is 2. The number of rotatable bonds is 2. The van der Waals surface area contributed by atoms with Crippen molar-refractivity contribution in [3.8, 4) is 0 Å². The van der Waals surface area contributed by atoms with E-state index in [1.807, 2.05) is 11.3 Å². The fourth-order valence-corrected chi connectivity index (χ4v) is 3.99. The summed E-state index contributed by atoms with van der Waals surface area (Å²) in [7, 11) is 0. The molecule has 1 aliphatic rings. The van der Waals surface area contributed by atoms with Gasteiger partial charge in [0.2, 0.25) is 0 Å². The van der Waals surface area contributed by atoms with Gasteiger partial charge in [0.05, 0.1) is 0 Å². The predicted molar refractivity (Wildman–Crippen MR) is 85.1 cm³/mol. The molecule has 1 fully saturated rings. The monoisotopic (exact) mass is 306 g/mol. The van der Waals surface area contributed by atoms with E-state index in [9.17, 15) is 4.79 Å². The van der Waals surface area contributed by atoms with Crippen molar-refractivity contribution in [2.45, 2.75) is 51.0 Å². The number of nitrogens with one attached hydrogen (secondary N) is 2. The van der Waals surface area contributed by atoms with E-state index in [0.29, 0.717) is 12.0 Å². The van der Waals surface area contributed by atoms with Crippen molar-refractivity contribution >= 4 is 11.3 Å². The molecule has 114 valence electrons. The smallest absolute Gasteiger partial charge is 0.280 e. The number of hydrogen-bond acceptors (Lipinski definition) is 4. The topological polar surface area (TPSA) is 58.0 Å². The minimum Gasteiger partial charge on any atom is -0.383 e. The minimum absolute atomic E-state index is 0.147. The number of aromatic amines is 1. The first kappa shape index (κ1) is 14.6. The van der Waals surface area contributed by atoms with Crippen LogP contribution in [-0.4, -0.2) is 11.7 Å². The fourth-order valence-electron chi connectivity index (χ4n) is 2.83. The Hall–Kier alpha value is -1.33. The number of piperidine rings is 1. The minimum atomic E-state index is -0.147. The summed E-state index contributed by atoms with van der Waals surface area (Å²) in [6.45, 7) is 7.68. The van der Waals surface area contributed by atoms with Gasteiger partial charge in [-0.05, 0) is 36.9 Å². The largest absolute Gasteiger partial charge is 0.383 e. The molecule has 2 aromatic heterocycles. The lowest BCUT2D eigenvalue weighted by molar-refractivity contribution is 0.297. The van der Waals surface area contributed by atoms with Crippen LogP contribution in [-0.2, 0) is 5.41 Å². The average Bonchev–Trinajstić information content (AvgIpc) is 3.07. The van der Waals surface area contributed by atoms with Crippen LogP contribution in [0.15, 0.2) is 27.5 Å². The summed E-state index contributed by atoms with van der Waals surface area (Å²) in [6, 6.07) is 6.41. The summed E-state index contributed by atoms with van der Waals surface area (Å²) in [4.78, 5) is 14.0. The van der Waals surface area contributed by atoms with E-state index < -0.39 is 0 Å². The summed E-state index contributed by atoms with van der Waals surface area (Å²) in [5.74, 6) is 1.11. The van der Waals surface area contributed by atoms with Gasteiger partial charge in [0.15, 0.2) is 0 Å². The maximum absolute atomic E-state index is 11.2. The van der Waals surface area contributed by atoms with Crippen molar-refractivity contribution < 1.29 is 4.52 Å². The van der Waals surface area contributed by atoms with Gasteiger partial charge in [-0.15, -0.1) is 11.3 Å². The Bertz CT molecular complexity index is 662. The zero-order chi connectivity index (χ0) is 15.0. The van der Waals surface area contributed by atoms with Gasteiger partial charge in [0.25, 0.3) is 5.56 Å². The van der Waals surface area contributed by atoms with Crippen LogP contribution < -0.4 is 10.9 Å². The molecule has 2 aromatic rings. The lowest BCUT2D eigenvalue weighted by atomic mass is 9.89. The van der Waals surface area contributed by atoms with Crippen LogP contribution in [0.25, 0.3) is 0 Å². The highest BCUT2D eigenvalue weighted by Crippen LogP contribution is 2.38. The Kier molecular flexibility index (Phi) is 3.80. The van der Waals surface area contributed by atoms with Crippen molar-refractivity contribution in [3.05, 3.63) is 44.1 Å². The van der Waals surface area contributed by atoms with Crippen LogP contribution in [0.1, 0.15) is 61.1 Å². The van der Waals surface area contributed by atoms with Crippen molar-refractivity contribution in [2.24, 2.45) is 0 Å².